The van der Waals surface area contributed by atoms with E-state index < -0.39 is 5.54 Å². The highest BCUT2D eigenvalue weighted by atomic mass is 16.5. The molecule has 0 unspecified atom stereocenters. The van der Waals surface area contributed by atoms with Crippen LogP contribution in [-0.4, -0.2) is 21.7 Å². The predicted octanol–water partition coefficient (Wildman–Crippen LogP) is 1.80. The Bertz CT molecular complexity index is 450. The smallest absolute Gasteiger partial charge is 0.313 e. The molecule has 0 aliphatic rings. The Hall–Kier alpha value is -1.36. The summed E-state index contributed by atoms with van der Waals surface area (Å²) in [5.41, 5.74) is 5.57. The van der Waals surface area contributed by atoms with Crippen LogP contribution < -0.4 is 16.0 Å². The van der Waals surface area contributed by atoms with Gasteiger partial charge in [0.25, 0.3) is 5.88 Å². The zero-order valence-corrected chi connectivity index (χ0v) is 12.3. The summed E-state index contributed by atoms with van der Waals surface area (Å²) < 4.78 is 7.16. The highest BCUT2D eigenvalue weighted by molar-refractivity contribution is 5.05. The Labute approximate surface area is 114 Å². The van der Waals surface area contributed by atoms with Gasteiger partial charge in [-0.15, -0.1) is 0 Å². The molecule has 0 aliphatic carbocycles. The summed E-state index contributed by atoms with van der Waals surface area (Å²) in [5.74, 6) is 0.535. The molecule has 1 aromatic heterocycles. The molecule has 0 radical (unpaired) electrons. The van der Waals surface area contributed by atoms with Crippen molar-refractivity contribution < 1.29 is 4.74 Å². The van der Waals surface area contributed by atoms with E-state index in [0.717, 1.165) is 12.8 Å². The Morgan fingerprint density at radius 3 is 2.58 bits per heavy atom. The van der Waals surface area contributed by atoms with E-state index in [4.69, 9.17) is 10.5 Å². The predicted molar refractivity (Wildman–Crippen MR) is 76.3 cm³/mol. The number of hydrogen-bond donors (Lipinski definition) is 1. The zero-order chi connectivity index (χ0) is 14.5. The van der Waals surface area contributed by atoms with E-state index in [1.807, 2.05) is 13.8 Å². The molecule has 0 bridgehead atoms. The molecule has 0 spiro atoms. The third-order valence-corrected chi connectivity index (χ3v) is 3.35. The van der Waals surface area contributed by atoms with Crippen LogP contribution in [0.15, 0.2) is 17.2 Å². The van der Waals surface area contributed by atoms with Crippen LogP contribution in [0.25, 0.3) is 0 Å². The molecule has 5 heteroatoms. The lowest BCUT2D eigenvalue weighted by Crippen LogP contribution is -2.45. The molecule has 0 aliphatic heterocycles. The highest BCUT2D eigenvalue weighted by Gasteiger charge is 2.22. The summed E-state index contributed by atoms with van der Waals surface area (Å²) in [6.45, 7) is 9.13. The topological polar surface area (TPSA) is 70.1 Å². The van der Waals surface area contributed by atoms with E-state index in [1.54, 1.807) is 17.0 Å². The number of aromatic nitrogens is 2. The van der Waals surface area contributed by atoms with Crippen LogP contribution >= 0.6 is 0 Å². The number of ether oxygens (including phenoxy) is 1. The molecule has 0 amide bonds. The normalized spacial score (nSPS) is 11.9. The van der Waals surface area contributed by atoms with Gasteiger partial charge in [-0.3, -0.25) is 4.79 Å². The van der Waals surface area contributed by atoms with Crippen molar-refractivity contribution in [2.45, 2.75) is 52.6 Å². The van der Waals surface area contributed by atoms with Crippen LogP contribution in [0.5, 0.6) is 5.88 Å². The van der Waals surface area contributed by atoms with E-state index in [2.05, 4.69) is 18.8 Å². The molecule has 1 aromatic rings. The van der Waals surface area contributed by atoms with Gasteiger partial charge in [0.1, 0.15) is 6.61 Å². The van der Waals surface area contributed by atoms with Crippen LogP contribution in [-0.2, 0) is 6.54 Å². The Kier molecular flexibility index (Phi) is 5.54. The van der Waals surface area contributed by atoms with Crippen molar-refractivity contribution in [3.63, 3.8) is 0 Å². The molecule has 19 heavy (non-hydrogen) atoms. The second kappa shape index (κ2) is 6.70. The second-order valence-electron chi connectivity index (χ2n) is 5.44. The summed E-state index contributed by atoms with van der Waals surface area (Å²) >= 11 is 0. The number of rotatable bonds is 7. The summed E-state index contributed by atoms with van der Waals surface area (Å²) in [4.78, 5) is 16.1. The minimum Gasteiger partial charge on any atom is -0.472 e. The average Bonchev–Trinajstić information content (AvgIpc) is 2.39. The first kappa shape index (κ1) is 15.7. The SMILES string of the molecule is CCC(N)(CC)COc1nccn(CC(C)C)c1=O. The first-order valence-electron chi connectivity index (χ1n) is 6.89. The molecule has 0 atom stereocenters. The maximum atomic E-state index is 12.1. The van der Waals surface area contributed by atoms with Gasteiger partial charge >= 0.3 is 5.56 Å². The molecular formula is C14H25N3O2. The summed E-state index contributed by atoms with van der Waals surface area (Å²) in [6, 6.07) is 0. The molecule has 0 saturated carbocycles. The number of nitrogens with zero attached hydrogens (tertiary/aromatic N) is 2. The maximum Gasteiger partial charge on any atom is 0.313 e. The number of nitrogens with two attached hydrogens (primary N) is 1. The van der Waals surface area contributed by atoms with E-state index in [-0.39, 0.29) is 11.4 Å². The van der Waals surface area contributed by atoms with E-state index in [1.165, 1.54) is 0 Å². The maximum absolute atomic E-state index is 12.1. The van der Waals surface area contributed by atoms with Crippen LogP contribution in [0.2, 0.25) is 0 Å². The van der Waals surface area contributed by atoms with Gasteiger partial charge in [-0.25, -0.2) is 4.98 Å². The molecule has 0 saturated heterocycles. The van der Waals surface area contributed by atoms with Crippen molar-refractivity contribution in [2.24, 2.45) is 11.7 Å². The monoisotopic (exact) mass is 267 g/mol. The van der Waals surface area contributed by atoms with Crippen LogP contribution in [0.4, 0.5) is 0 Å². The van der Waals surface area contributed by atoms with Gasteiger partial charge in [-0.05, 0) is 18.8 Å². The fraction of sp³-hybridized carbons (Fsp3) is 0.714. The van der Waals surface area contributed by atoms with Gasteiger partial charge in [0, 0.05) is 24.5 Å². The molecule has 5 nitrogen and oxygen atoms in total. The summed E-state index contributed by atoms with van der Waals surface area (Å²) in [7, 11) is 0. The Morgan fingerprint density at radius 2 is 2.05 bits per heavy atom. The summed E-state index contributed by atoms with van der Waals surface area (Å²) in [5, 5.41) is 0. The quantitative estimate of drug-likeness (QED) is 0.817. The fourth-order valence-electron chi connectivity index (χ4n) is 1.73. The van der Waals surface area contributed by atoms with Crippen molar-refractivity contribution in [1.29, 1.82) is 0 Å². The summed E-state index contributed by atoms with van der Waals surface area (Å²) in [6.07, 6.45) is 4.88. The molecular weight excluding hydrogens is 242 g/mol. The van der Waals surface area contributed by atoms with Crippen molar-refractivity contribution in [3.8, 4) is 5.88 Å². The molecule has 2 N–H and O–H groups in total. The van der Waals surface area contributed by atoms with Gasteiger partial charge in [0.2, 0.25) is 0 Å². The number of hydrogen-bond acceptors (Lipinski definition) is 4. The minimum absolute atomic E-state index is 0.139. The van der Waals surface area contributed by atoms with Crippen LogP contribution in [0.3, 0.4) is 0 Å². The van der Waals surface area contributed by atoms with Crippen molar-refractivity contribution in [2.75, 3.05) is 6.61 Å². The molecule has 1 rings (SSSR count). The first-order valence-corrected chi connectivity index (χ1v) is 6.89. The lowest BCUT2D eigenvalue weighted by atomic mass is 9.96. The van der Waals surface area contributed by atoms with Crippen LogP contribution in [0, 0.1) is 5.92 Å². The van der Waals surface area contributed by atoms with Crippen molar-refractivity contribution in [3.05, 3.63) is 22.7 Å². The lowest BCUT2D eigenvalue weighted by Gasteiger charge is -2.26. The molecule has 1 heterocycles. The van der Waals surface area contributed by atoms with Gasteiger partial charge in [0.15, 0.2) is 0 Å². The third-order valence-electron chi connectivity index (χ3n) is 3.35. The van der Waals surface area contributed by atoms with Crippen molar-refractivity contribution >= 4 is 0 Å². The average molecular weight is 267 g/mol. The third kappa shape index (κ3) is 4.35. The van der Waals surface area contributed by atoms with E-state index in [0.29, 0.717) is 19.1 Å². The van der Waals surface area contributed by atoms with E-state index in [9.17, 15) is 4.79 Å². The van der Waals surface area contributed by atoms with Gasteiger partial charge < -0.3 is 15.0 Å². The zero-order valence-electron chi connectivity index (χ0n) is 12.3. The molecule has 0 aromatic carbocycles. The van der Waals surface area contributed by atoms with E-state index >= 15 is 0 Å². The van der Waals surface area contributed by atoms with Gasteiger partial charge in [0.05, 0.1) is 0 Å². The Morgan fingerprint density at radius 1 is 1.42 bits per heavy atom. The second-order valence-corrected chi connectivity index (χ2v) is 5.44. The fourth-order valence-corrected chi connectivity index (χ4v) is 1.73. The van der Waals surface area contributed by atoms with Crippen molar-refractivity contribution in [1.82, 2.24) is 9.55 Å². The molecule has 108 valence electrons. The Balaban J connectivity index is 2.82. The van der Waals surface area contributed by atoms with Gasteiger partial charge in [-0.2, -0.15) is 0 Å². The highest BCUT2D eigenvalue weighted by Crippen LogP contribution is 2.12. The standard InChI is InChI=1S/C14H25N3O2/c1-5-14(15,6-2)10-19-12-13(18)17(8-7-16-12)9-11(3)4/h7-8,11H,5-6,9-10,15H2,1-4H3. The largest absolute Gasteiger partial charge is 0.472 e. The first-order chi connectivity index (χ1) is 8.91. The molecule has 0 fully saturated rings. The minimum atomic E-state index is -0.396. The lowest BCUT2D eigenvalue weighted by molar-refractivity contribution is 0.197. The van der Waals surface area contributed by atoms with Crippen LogP contribution in [0.1, 0.15) is 40.5 Å². The van der Waals surface area contributed by atoms with Gasteiger partial charge in [-0.1, -0.05) is 27.7 Å².